The number of imide groups is 2. The predicted octanol–water partition coefficient (Wildman–Crippen LogP) is -0.601. The van der Waals surface area contributed by atoms with E-state index in [0.717, 1.165) is 30.7 Å². The van der Waals surface area contributed by atoms with E-state index >= 15 is 0 Å². The van der Waals surface area contributed by atoms with Crippen LogP contribution in [0.2, 0.25) is 0 Å². The fourth-order valence-electron chi connectivity index (χ4n) is 6.01. The molecule has 0 aliphatic carbocycles. The summed E-state index contributed by atoms with van der Waals surface area (Å²) in [5.41, 5.74) is -1.60. The van der Waals surface area contributed by atoms with Crippen molar-refractivity contribution < 1.29 is 24.3 Å². The zero-order valence-corrected chi connectivity index (χ0v) is 22.9. The van der Waals surface area contributed by atoms with E-state index in [1.165, 1.54) is 34.3 Å². The standard InChI is InChI=1S/C27H30N6O7/c1-28-10-11-33-17-8-6-15(7-9-18(34)20-21(35)29(2)25(39)30(3)22(20)36)12-16(17)13-27(19(33)14-28)23(37)31(4)26(40)32(5)24(27)38/h6-9,12,19,35H,10-11,13-14H2,1-5H3/b9-7+. The van der Waals surface area contributed by atoms with E-state index in [4.69, 9.17) is 0 Å². The summed E-state index contributed by atoms with van der Waals surface area (Å²) in [4.78, 5) is 83.5. The molecule has 1 spiro atoms. The summed E-state index contributed by atoms with van der Waals surface area (Å²) in [6, 6.07) is 4.25. The highest BCUT2D eigenvalue weighted by Gasteiger charge is 2.63. The van der Waals surface area contributed by atoms with E-state index in [-0.39, 0.29) is 6.42 Å². The number of fused-ring (bicyclic) bond motifs is 4. The maximum absolute atomic E-state index is 13.7. The lowest BCUT2D eigenvalue weighted by molar-refractivity contribution is -0.160. The second kappa shape index (κ2) is 9.30. The van der Waals surface area contributed by atoms with Crippen LogP contribution in [0.3, 0.4) is 0 Å². The molecule has 40 heavy (non-hydrogen) atoms. The molecule has 0 saturated carbocycles. The third-order valence-corrected chi connectivity index (χ3v) is 8.29. The van der Waals surface area contributed by atoms with Gasteiger partial charge in [0.15, 0.2) is 11.2 Å². The smallest absolute Gasteiger partial charge is 0.333 e. The third kappa shape index (κ3) is 3.72. The van der Waals surface area contributed by atoms with Crippen molar-refractivity contribution in [3.63, 3.8) is 0 Å². The van der Waals surface area contributed by atoms with Crippen LogP contribution in [-0.4, -0.2) is 99.4 Å². The van der Waals surface area contributed by atoms with Gasteiger partial charge in [0.1, 0.15) is 5.56 Å². The monoisotopic (exact) mass is 550 g/mol. The van der Waals surface area contributed by atoms with Crippen molar-refractivity contribution in [3.05, 3.63) is 61.8 Å². The lowest BCUT2D eigenvalue weighted by Gasteiger charge is -2.55. The number of aromatic hydroxyl groups is 1. The number of barbiturate groups is 1. The fraction of sp³-hybridized carbons (Fsp3) is 0.407. The largest absolute Gasteiger partial charge is 0.494 e. The molecule has 2 aromatic rings. The minimum atomic E-state index is -1.51. The SMILES string of the molecule is CN1CCN2c3ccc(/C=C/C(=O)c4c(O)n(C)c(=O)n(C)c4=O)cc3CC3(C(=O)N(C)C(=O)N(C)C3=O)C2C1. The first-order chi connectivity index (χ1) is 18.8. The van der Waals surface area contributed by atoms with E-state index < -0.39 is 57.8 Å². The number of nitrogens with zero attached hydrogens (tertiary/aromatic N) is 6. The highest BCUT2D eigenvalue weighted by molar-refractivity contribution is 6.20. The van der Waals surface area contributed by atoms with Crippen LogP contribution in [0.5, 0.6) is 5.88 Å². The van der Waals surface area contributed by atoms with E-state index in [2.05, 4.69) is 9.80 Å². The summed E-state index contributed by atoms with van der Waals surface area (Å²) in [6.07, 6.45) is 2.65. The van der Waals surface area contributed by atoms with Gasteiger partial charge in [-0.3, -0.25) is 38.1 Å². The van der Waals surface area contributed by atoms with E-state index in [1.54, 1.807) is 12.1 Å². The zero-order chi connectivity index (χ0) is 29.3. The van der Waals surface area contributed by atoms with Crippen molar-refractivity contribution >= 4 is 35.4 Å². The summed E-state index contributed by atoms with van der Waals surface area (Å²) in [6.45, 7) is 1.75. The second-order valence-corrected chi connectivity index (χ2v) is 10.6. The number of allylic oxidation sites excluding steroid dienone is 1. The summed E-state index contributed by atoms with van der Waals surface area (Å²) in [5.74, 6) is -2.61. The molecule has 4 amide bonds. The summed E-state index contributed by atoms with van der Waals surface area (Å²) < 4.78 is 1.55. The lowest BCUT2D eigenvalue weighted by atomic mass is 9.67. The van der Waals surface area contributed by atoms with Gasteiger partial charge in [-0.15, -0.1) is 0 Å². The Balaban J connectivity index is 1.56. The number of carbonyl (C=O) groups is 4. The number of carbonyl (C=O) groups excluding carboxylic acids is 4. The number of urea groups is 1. The van der Waals surface area contributed by atoms with Crippen LogP contribution < -0.4 is 16.1 Å². The molecule has 2 saturated heterocycles. The molecule has 5 rings (SSSR count). The molecule has 1 aromatic carbocycles. The van der Waals surface area contributed by atoms with Crippen LogP contribution in [0, 0.1) is 5.41 Å². The number of benzene rings is 1. The average molecular weight is 551 g/mol. The van der Waals surface area contributed by atoms with Gasteiger partial charge in [-0.2, -0.15) is 0 Å². The summed E-state index contributed by atoms with van der Waals surface area (Å²) in [7, 11) is 7.15. The van der Waals surface area contributed by atoms with Crippen LogP contribution in [0.1, 0.15) is 21.5 Å². The maximum Gasteiger partial charge on any atom is 0.333 e. The summed E-state index contributed by atoms with van der Waals surface area (Å²) >= 11 is 0. The Morgan fingerprint density at radius 2 is 1.60 bits per heavy atom. The Labute approximate surface area is 229 Å². The molecule has 13 heteroatoms. The molecule has 1 N–H and O–H groups in total. The average Bonchev–Trinajstić information content (AvgIpc) is 2.94. The van der Waals surface area contributed by atoms with E-state index in [0.29, 0.717) is 30.8 Å². The normalized spacial score (nSPS) is 20.9. The van der Waals surface area contributed by atoms with Gasteiger partial charge < -0.3 is 14.9 Å². The molecule has 4 heterocycles. The van der Waals surface area contributed by atoms with Gasteiger partial charge in [0.25, 0.3) is 5.56 Å². The molecule has 3 aliphatic heterocycles. The quantitative estimate of drug-likeness (QED) is 0.301. The van der Waals surface area contributed by atoms with Crippen molar-refractivity contribution in [1.29, 1.82) is 0 Å². The minimum absolute atomic E-state index is 0.0642. The molecular weight excluding hydrogens is 520 g/mol. The molecule has 13 nitrogen and oxygen atoms in total. The van der Waals surface area contributed by atoms with Gasteiger partial charge in [-0.25, -0.2) is 9.59 Å². The molecule has 1 atom stereocenters. The molecule has 1 unspecified atom stereocenters. The van der Waals surface area contributed by atoms with Crippen LogP contribution in [-0.2, 0) is 30.1 Å². The van der Waals surface area contributed by atoms with Crippen LogP contribution in [0.4, 0.5) is 10.5 Å². The van der Waals surface area contributed by atoms with E-state index in [9.17, 15) is 33.9 Å². The molecule has 0 radical (unpaired) electrons. The number of rotatable bonds is 3. The van der Waals surface area contributed by atoms with Crippen molar-refractivity contribution in [2.75, 3.05) is 45.7 Å². The zero-order valence-electron chi connectivity index (χ0n) is 22.9. The van der Waals surface area contributed by atoms with Crippen molar-refractivity contribution in [1.82, 2.24) is 23.8 Å². The number of hydrogen-bond acceptors (Lipinski definition) is 9. The summed E-state index contributed by atoms with van der Waals surface area (Å²) in [5, 5.41) is 10.3. The Bertz CT molecular complexity index is 1610. The Morgan fingerprint density at radius 3 is 2.25 bits per heavy atom. The van der Waals surface area contributed by atoms with Gasteiger partial charge in [0.2, 0.25) is 17.7 Å². The number of piperazine rings is 1. The Kier molecular flexibility index (Phi) is 6.29. The van der Waals surface area contributed by atoms with Gasteiger partial charge in [0.05, 0.1) is 6.04 Å². The second-order valence-electron chi connectivity index (χ2n) is 10.6. The van der Waals surface area contributed by atoms with Crippen LogP contribution in [0.15, 0.2) is 33.9 Å². The topological polar surface area (TPSA) is 145 Å². The van der Waals surface area contributed by atoms with Gasteiger partial charge in [-0.1, -0.05) is 12.1 Å². The number of likely N-dealkylation sites (N-methyl/N-ethyl adjacent to an activating group) is 1. The number of aromatic nitrogens is 2. The predicted molar refractivity (Wildman–Crippen MR) is 144 cm³/mol. The molecule has 3 aliphatic rings. The number of anilines is 1. The fourth-order valence-corrected chi connectivity index (χ4v) is 6.01. The minimum Gasteiger partial charge on any atom is -0.494 e. The van der Waals surface area contributed by atoms with Crippen LogP contribution in [0.25, 0.3) is 6.08 Å². The van der Waals surface area contributed by atoms with Crippen molar-refractivity contribution in [2.45, 2.75) is 12.5 Å². The van der Waals surface area contributed by atoms with E-state index in [1.807, 2.05) is 13.1 Å². The lowest BCUT2D eigenvalue weighted by Crippen LogP contribution is -2.74. The molecule has 1 aromatic heterocycles. The Hall–Kier alpha value is -4.52. The number of amides is 4. The van der Waals surface area contributed by atoms with Gasteiger partial charge in [0, 0.05) is 53.5 Å². The van der Waals surface area contributed by atoms with Crippen molar-refractivity contribution in [3.8, 4) is 5.88 Å². The highest BCUT2D eigenvalue weighted by Crippen LogP contribution is 2.46. The molecule has 210 valence electrons. The maximum atomic E-state index is 13.7. The first-order valence-electron chi connectivity index (χ1n) is 12.7. The van der Waals surface area contributed by atoms with Gasteiger partial charge >= 0.3 is 11.7 Å². The number of ketones is 1. The van der Waals surface area contributed by atoms with Crippen molar-refractivity contribution in [2.24, 2.45) is 19.5 Å². The number of hydrogen-bond donors (Lipinski definition) is 1. The third-order valence-electron chi connectivity index (χ3n) is 8.29. The molecule has 2 fully saturated rings. The van der Waals surface area contributed by atoms with Gasteiger partial charge in [-0.05, 0) is 42.8 Å². The molecular formula is C27H30N6O7. The first kappa shape index (κ1) is 27.1. The van der Waals surface area contributed by atoms with Crippen LogP contribution >= 0.6 is 0 Å². The first-order valence-corrected chi connectivity index (χ1v) is 12.7. The molecule has 0 bridgehead atoms. The Morgan fingerprint density at radius 1 is 0.950 bits per heavy atom. The highest BCUT2D eigenvalue weighted by atomic mass is 16.3.